The van der Waals surface area contributed by atoms with Gasteiger partial charge in [0.2, 0.25) is 0 Å². The lowest BCUT2D eigenvalue weighted by Gasteiger charge is -2.14. The van der Waals surface area contributed by atoms with Crippen molar-refractivity contribution >= 4 is 35.0 Å². The van der Waals surface area contributed by atoms with Crippen molar-refractivity contribution in [3.63, 3.8) is 0 Å². The summed E-state index contributed by atoms with van der Waals surface area (Å²) in [6.45, 7) is 6.30. The molecule has 166 valence electrons. The maximum absolute atomic E-state index is 13.4. The van der Waals surface area contributed by atoms with Gasteiger partial charge in [-0.1, -0.05) is 72.8 Å². The Balaban J connectivity index is 1.80. The number of carbonyl (C=O) groups excluding carboxylic acids is 1. The molecular weight excluding hydrogens is 436 g/mol. The average molecular weight is 459 g/mol. The minimum absolute atomic E-state index is 0.221. The summed E-state index contributed by atoms with van der Waals surface area (Å²) in [4.78, 5) is 13.4. The summed E-state index contributed by atoms with van der Waals surface area (Å²) in [5.41, 5.74) is 3.29. The van der Waals surface area contributed by atoms with Crippen molar-refractivity contribution in [2.45, 2.75) is 6.92 Å². The van der Waals surface area contributed by atoms with Gasteiger partial charge in [0, 0.05) is 5.56 Å². The normalized spacial score (nSPS) is 14.4. The van der Waals surface area contributed by atoms with Crippen LogP contribution in [0, 0.1) is 0 Å². The molecule has 0 saturated carbocycles. The highest BCUT2D eigenvalue weighted by atomic mass is 35.5. The molecule has 0 N–H and O–H groups in total. The number of ether oxygens (including phenoxy) is 2. The van der Waals surface area contributed by atoms with E-state index in [0.717, 1.165) is 5.56 Å². The summed E-state index contributed by atoms with van der Waals surface area (Å²) in [5.74, 6) is 0.726. The third kappa shape index (κ3) is 4.83. The topological polar surface area (TPSA) is 51.1 Å². The molecule has 1 aliphatic rings. The number of hydrazone groups is 1. The summed E-state index contributed by atoms with van der Waals surface area (Å²) in [5, 5.41) is 6.46. The van der Waals surface area contributed by atoms with Crippen LogP contribution in [0.2, 0.25) is 5.02 Å². The molecule has 1 amide bonds. The lowest BCUT2D eigenvalue weighted by atomic mass is 10.00. The molecule has 4 rings (SSSR count). The van der Waals surface area contributed by atoms with E-state index in [1.165, 1.54) is 5.01 Å². The molecule has 5 nitrogen and oxygen atoms in total. The number of hydrogen-bond acceptors (Lipinski definition) is 4. The summed E-state index contributed by atoms with van der Waals surface area (Å²) in [6.07, 6.45) is 3.42. The minimum atomic E-state index is -0.221. The Labute approximate surface area is 198 Å². The Morgan fingerprint density at radius 2 is 1.73 bits per heavy atom. The van der Waals surface area contributed by atoms with E-state index in [4.69, 9.17) is 21.1 Å². The van der Waals surface area contributed by atoms with Crippen molar-refractivity contribution in [1.82, 2.24) is 0 Å². The second kappa shape index (κ2) is 10.2. The molecular formula is C27H23ClN2O3. The van der Waals surface area contributed by atoms with Gasteiger partial charge in [0.1, 0.15) is 12.3 Å². The zero-order valence-electron chi connectivity index (χ0n) is 18.2. The highest BCUT2D eigenvalue weighted by Crippen LogP contribution is 2.38. The van der Waals surface area contributed by atoms with Crippen molar-refractivity contribution in [2.24, 2.45) is 5.10 Å². The number of amides is 1. The van der Waals surface area contributed by atoms with Crippen molar-refractivity contribution in [1.29, 1.82) is 0 Å². The number of nitrogens with zero attached hydrogens (tertiary/aromatic N) is 2. The molecule has 0 spiro atoms. The second-order valence-corrected chi connectivity index (χ2v) is 7.60. The van der Waals surface area contributed by atoms with Crippen LogP contribution in [0.5, 0.6) is 11.5 Å². The minimum Gasteiger partial charge on any atom is -0.490 e. The van der Waals surface area contributed by atoms with E-state index < -0.39 is 0 Å². The Morgan fingerprint density at radius 3 is 2.39 bits per heavy atom. The molecule has 33 heavy (non-hydrogen) atoms. The third-order valence-electron chi connectivity index (χ3n) is 4.91. The summed E-state index contributed by atoms with van der Waals surface area (Å²) < 4.78 is 11.4. The fourth-order valence-electron chi connectivity index (χ4n) is 3.48. The number of para-hydroxylation sites is 1. The van der Waals surface area contributed by atoms with Crippen LogP contribution in [-0.2, 0) is 4.79 Å². The first-order valence-electron chi connectivity index (χ1n) is 10.6. The van der Waals surface area contributed by atoms with Gasteiger partial charge < -0.3 is 9.47 Å². The predicted molar refractivity (Wildman–Crippen MR) is 133 cm³/mol. The van der Waals surface area contributed by atoms with Gasteiger partial charge in [-0.05, 0) is 42.8 Å². The van der Waals surface area contributed by atoms with Crippen molar-refractivity contribution < 1.29 is 14.3 Å². The van der Waals surface area contributed by atoms with E-state index in [1.807, 2.05) is 73.7 Å². The van der Waals surface area contributed by atoms with E-state index in [2.05, 4.69) is 11.7 Å². The number of anilines is 1. The maximum Gasteiger partial charge on any atom is 0.281 e. The van der Waals surface area contributed by atoms with Gasteiger partial charge in [-0.2, -0.15) is 10.1 Å². The van der Waals surface area contributed by atoms with Crippen LogP contribution in [0.25, 0.3) is 6.08 Å². The van der Waals surface area contributed by atoms with Gasteiger partial charge in [-0.25, -0.2) is 0 Å². The Kier molecular flexibility index (Phi) is 6.91. The molecule has 3 aromatic carbocycles. The largest absolute Gasteiger partial charge is 0.490 e. The number of hydrogen-bond donors (Lipinski definition) is 0. The van der Waals surface area contributed by atoms with Crippen molar-refractivity contribution in [2.75, 3.05) is 18.2 Å². The van der Waals surface area contributed by atoms with Crippen molar-refractivity contribution in [3.8, 4) is 11.5 Å². The van der Waals surface area contributed by atoms with Gasteiger partial charge >= 0.3 is 0 Å². The molecule has 1 heterocycles. The van der Waals surface area contributed by atoms with Gasteiger partial charge in [0.25, 0.3) is 5.91 Å². The van der Waals surface area contributed by atoms with E-state index in [-0.39, 0.29) is 5.91 Å². The zero-order valence-corrected chi connectivity index (χ0v) is 19.0. The SMILES string of the molecule is C=CCOc1c(Cl)cc(/C=C2\C(=O)N(c3ccccc3)N=C2c2ccccc2)cc1OCC. The van der Waals surface area contributed by atoms with Crippen LogP contribution in [-0.4, -0.2) is 24.8 Å². The molecule has 0 aromatic heterocycles. The highest BCUT2D eigenvalue weighted by molar-refractivity contribution is 6.37. The first kappa shape index (κ1) is 22.4. The molecule has 0 fully saturated rings. The van der Waals surface area contributed by atoms with E-state index in [9.17, 15) is 4.79 Å². The van der Waals surface area contributed by atoms with Crippen LogP contribution in [0.3, 0.4) is 0 Å². The Bertz CT molecular complexity index is 1220. The van der Waals surface area contributed by atoms with Crippen molar-refractivity contribution in [3.05, 3.63) is 107 Å². The van der Waals surface area contributed by atoms with E-state index in [0.29, 0.717) is 52.3 Å². The van der Waals surface area contributed by atoms with Crippen LogP contribution in [0.4, 0.5) is 5.69 Å². The summed E-state index contributed by atoms with van der Waals surface area (Å²) in [7, 11) is 0. The fraction of sp³-hybridized carbons (Fsp3) is 0.111. The first-order valence-corrected chi connectivity index (χ1v) is 11.0. The molecule has 0 bridgehead atoms. The highest BCUT2D eigenvalue weighted by Gasteiger charge is 2.32. The smallest absolute Gasteiger partial charge is 0.281 e. The Hall–Kier alpha value is -3.83. The zero-order chi connectivity index (χ0) is 23.2. The van der Waals surface area contributed by atoms with E-state index in [1.54, 1.807) is 18.2 Å². The molecule has 0 aliphatic carbocycles. The van der Waals surface area contributed by atoms with Gasteiger partial charge in [-0.3, -0.25) is 4.79 Å². The summed E-state index contributed by atoms with van der Waals surface area (Å²) in [6, 6.07) is 22.5. The molecule has 0 atom stereocenters. The van der Waals surface area contributed by atoms with Gasteiger partial charge in [-0.15, -0.1) is 0 Å². The molecule has 0 radical (unpaired) electrons. The lowest BCUT2D eigenvalue weighted by Crippen LogP contribution is -2.21. The van der Waals surface area contributed by atoms with Crippen LogP contribution in [0.1, 0.15) is 18.1 Å². The molecule has 0 saturated heterocycles. The maximum atomic E-state index is 13.4. The number of carbonyl (C=O) groups is 1. The monoisotopic (exact) mass is 458 g/mol. The molecule has 6 heteroatoms. The standard InChI is InChI=1S/C27H23ClN2O3/c1-3-15-33-26-23(28)17-19(18-24(26)32-4-2)16-22-25(20-11-7-5-8-12-20)29-30(27(22)31)21-13-9-6-10-14-21/h3,5-14,16-18H,1,4,15H2,2H3/b22-16-. The van der Waals surface area contributed by atoms with Gasteiger partial charge in [0.15, 0.2) is 11.5 Å². The average Bonchev–Trinajstić information content (AvgIpc) is 3.16. The van der Waals surface area contributed by atoms with E-state index >= 15 is 0 Å². The first-order chi connectivity index (χ1) is 16.1. The lowest BCUT2D eigenvalue weighted by molar-refractivity contribution is -0.114. The van der Waals surface area contributed by atoms with Crippen LogP contribution < -0.4 is 14.5 Å². The number of rotatable bonds is 8. The fourth-order valence-corrected chi connectivity index (χ4v) is 3.76. The van der Waals surface area contributed by atoms with Crippen LogP contribution >= 0.6 is 11.6 Å². The molecule has 3 aromatic rings. The number of halogens is 1. The second-order valence-electron chi connectivity index (χ2n) is 7.19. The number of benzene rings is 3. The molecule has 0 unspecified atom stereocenters. The third-order valence-corrected chi connectivity index (χ3v) is 5.19. The van der Waals surface area contributed by atoms with Crippen LogP contribution in [0.15, 0.2) is 96.1 Å². The summed E-state index contributed by atoms with van der Waals surface area (Å²) >= 11 is 6.51. The Morgan fingerprint density at radius 1 is 1.03 bits per heavy atom. The van der Waals surface area contributed by atoms with Gasteiger partial charge in [0.05, 0.1) is 22.9 Å². The molecule has 1 aliphatic heterocycles. The quantitative estimate of drug-likeness (QED) is 0.301. The predicted octanol–water partition coefficient (Wildman–Crippen LogP) is 6.14.